The van der Waals surface area contributed by atoms with Crippen LogP contribution in [0, 0.1) is 0 Å². The van der Waals surface area contributed by atoms with Crippen molar-refractivity contribution in [2.24, 2.45) is 0 Å². The standard InChI is InChI=1S/C52H60Cl4N6O10S2/c1-61-31-45(43-27-39(53)29-49(55)47(43)33-61)37-5-3-7-41(25-37)73(65,66)59-15-19-71-23-21-69-17-13-57-51(63)35-9-11-36(12-10-35)52(64)58-14-18-70-22-24-72-20-16-60-74(67,68)42-8-4-6-38(26-42)46-32-62(2)34-48-44(46)28-40(54)30-50(48)56/h3-12,25-30,45-46,59-60H,13-24,31-34H2,1-2H3,(H,57,63)(H,58,64). The Balaban J connectivity index is 0.700. The molecule has 74 heavy (non-hydrogen) atoms. The highest BCUT2D eigenvalue weighted by Gasteiger charge is 2.30. The van der Waals surface area contributed by atoms with Crippen molar-refractivity contribution >= 4 is 78.3 Å². The van der Waals surface area contributed by atoms with E-state index in [0.717, 1.165) is 33.4 Å². The van der Waals surface area contributed by atoms with Gasteiger partial charge in [-0.05, 0) is 120 Å². The first-order chi connectivity index (χ1) is 35.5. The van der Waals surface area contributed by atoms with Gasteiger partial charge in [-0.2, -0.15) is 0 Å². The Labute approximate surface area is 453 Å². The number of carbonyl (C=O) groups is 2. The number of carbonyl (C=O) groups excluding carboxylic acids is 2. The zero-order chi connectivity index (χ0) is 52.8. The van der Waals surface area contributed by atoms with E-state index < -0.39 is 20.0 Å². The molecule has 0 aliphatic carbocycles. The number of benzene rings is 5. The van der Waals surface area contributed by atoms with Gasteiger partial charge in [0.1, 0.15) is 0 Å². The second-order valence-electron chi connectivity index (χ2n) is 17.9. The molecule has 5 aromatic carbocycles. The van der Waals surface area contributed by atoms with E-state index in [4.69, 9.17) is 65.4 Å². The highest BCUT2D eigenvalue weighted by atomic mass is 35.5. The predicted molar refractivity (Wildman–Crippen MR) is 287 cm³/mol. The smallest absolute Gasteiger partial charge is 0.251 e. The van der Waals surface area contributed by atoms with E-state index in [-0.39, 0.29) is 112 Å². The molecule has 4 N–H and O–H groups in total. The van der Waals surface area contributed by atoms with Gasteiger partial charge in [0.15, 0.2) is 0 Å². The SMILES string of the molecule is CN1Cc2c(Cl)cc(Cl)cc2C(c2cccc(S(=O)(=O)NCCOCCOCCNC(=O)c3ccc(C(=O)NCCOCCOCCNS(=O)(=O)c4cccc(C5CN(C)Cc6c(Cl)cc(Cl)cc65)c4)cc3)c2)C1. The normalized spacial score (nSPS) is 16.1. The van der Waals surface area contributed by atoms with E-state index in [9.17, 15) is 26.4 Å². The molecule has 2 aliphatic heterocycles. The molecule has 2 amide bonds. The molecule has 7 rings (SSSR count). The maximum absolute atomic E-state index is 13.2. The fraction of sp³-hybridized carbons (Fsp3) is 0.385. The Morgan fingerprint density at radius 3 is 1.26 bits per heavy atom. The van der Waals surface area contributed by atoms with Crippen LogP contribution >= 0.6 is 46.4 Å². The average molecular weight is 1140 g/mol. The molecule has 2 heterocycles. The minimum absolute atomic E-state index is 0.0653. The predicted octanol–water partition coefficient (Wildman–Crippen LogP) is 6.94. The van der Waals surface area contributed by atoms with Gasteiger partial charge in [0.25, 0.3) is 11.8 Å². The number of ether oxygens (including phenoxy) is 4. The van der Waals surface area contributed by atoms with Crippen molar-refractivity contribution in [1.82, 2.24) is 29.9 Å². The number of nitrogens with zero attached hydrogens (tertiary/aromatic N) is 2. The van der Waals surface area contributed by atoms with E-state index in [0.29, 0.717) is 57.4 Å². The maximum atomic E-state index is 13.2. The summed E-state index contributed by atoms with van der Waals surface area (Å²) in [4.78, 5) is 29.9. The van der Waals surface area contributed by atoms with Crippen LogP contribution in [0.1, 0.15) is 65.9 Å². The summed E-state index contributed by atoms with van der Waals surface area (Å²) in [6, 6.07) is 27.2. The molecule has 0 radical (unpaired) electrons. The number of hydrogen-bond donors (Lipinski definition) is 4. The number of nitrogens with one attached hydrogen (secondary N) is 4. The van der Waals surface area contributed by atoms with Crippen LogP contribution in [0.15, 0.2) is 107 Å². The monoisotopic (exact) mass is 1130 g/mol. The van der Waals surface area contributed by atoms with Gasteiger partial charge in [-0.15, -0.1) is 0 Å². The zero-order valence-electron chi connectivity index (χ0n) is 41.0. The molecule has 5 aromatic rings. The average Bonchev–Trinajstić information content (AvgIpc) is 3.37. The van der Waals surface area contributed by atoms with Gasteiger partial charge < -0.3 is 39.4 Å². The Morgan fingerprint density at radius 2 is 0.878 bits per heavy atom. The number of fused-ring (bicyclic) bond motifs is 2. The van der Waals surface area contributed by atoms with E-state index in [2.05, 4.69) is 29.9 Å². The third-order valence-electron chi connectivity index (χ3n) is 12.4. The van der Waals surface area contributed by atoms with Crippen LogP contribution < -0.4 is 20.1 Å². The molecule has 0 saturated heterocycles. The third-order valence-corrected chi connectivity index (χ3v) is 16.4. The number of amides is 2. The van der Waals surface area contributed by atoms with E-state index in [1.165, 1.54) is 0 Å². The van der Waals surface area contributed by atoms with Crippen LogP contribution in [0.5, 0.6) is 0 Å². The molecule has 0 spiro atoms. The first-order valence-electron chi connectivity index (χ1n) is 24.0. The Bertz CT molecular complexity index is 2780. The molecule has 2 unspecified atom stereocenters. The van der Waals surface area contributed by atoms with Gasteiger partial charge in [0.2, 0.25) is 20.0 Å². The number of rotatable bonds is 26. The molecule has 2 aliphatic rings. The third kappa shape index (κ3) is 15.9. The summed E-state index contributed by atoms with van der Waals surface area (Å²) in [6.07, 6.45) is 0. The highest BCUT2D eigenvalue weighted by Crippen LogP contribution is 2.40. The fourth-order valence-corrected chi connectivity index (χ4v) is 12.1. The molecule has 0 fully saturated rings. The van der Waals surface area contributed by atoms with Crippen LogP contribution in [-0.4, -0.2) is 145 Å². The largest absolute Gasteiger partial charge is 0.378 e. The molecule has 398 valence electrons. The molecule has 0 saturated carbocycles. The van der Waals surface area contributed by atoms with Crippen molar-refractivity contribution in [3.8, 4) is 0 Å². The summed E-state index contributed by atoms with van der Waals surface area (Å²) in [7, 11) is -3.63. The molecular weight excluding hydrogens is 1070 g/mol. The maximum Gasteiger partial charge on any atom is 0.251 e. The van der Waals surface area contributed by atoms with Crippen LogP contribution in [0.3, 0.4) is 0 Å². The lowest BCUT2D eigenvalue weighted by Crippen LogP contribution is -2.31. The first-order valence-corrected chi connectivity index (χ1v) is 28.5. The second kappa shape index (κ2) is 27.2. The van der Waals surface area contributed by atoms with Gasteiger partial charge in [0, 0.05) is 95.4 Å². The Kier molecular flexibility index (Phi) is 21.1. The van der Waals surface area contributed by atoms with Crippen molar-refractivity contribution in [1.29, 1.82) is 0 Å². The zero-order valence-corrected chi connectivity index (χ0v) is 45.7. The molecule has 16 nitrogen and oxygen atoms in total. The van der Waals surface area contributed by atoms with Crippen LogP contribution in [0.25, 0.3) is 0 Å². The van der Waals surface area contributed by atoms with Crippen molar-refractivity contribution in [3.05, 3.63) is 162 Å². The Morgan fingerprint density at radius 1 is 0.514 bits per heavy atom. The topological polar surface area (TPSA) is 194 Å². The summed E-state index contributed by atoms with van der Waals surface area (Å²) in [6.45, 7) is 5.00. The number of likely N-dealkylation sites (N-methyl/N-ethyl adjacent to an activating group) is 2. The fourth-order valence-electron chi connectivity index (χ4n) is 8.82. The lowest BCUT2D eigenvalue weighted by molar-refractivity contribution is 0.0503. The molecule has 22 heteroatoms. The quantitative estimate of drug-likeness (QED) is 0.0418. The summed E-state index contributed by atoms with van der Waals surface area (Å²) >= 11 is 25.7. The summed E-state index contributed by atoms with van der Waals surface area (Å²) in [5, 5.41) is 7.79. The van der Waals surface area contributed by atoms with Crippen LogP contribution in [0.2, 0.25) is 20.1 Å². The van der Waals surface area contributed by atoms with Crippen LogP contribution in [0.4, 0.5) is 0 Å². The second-order valence-corrected chi connectivity index (χ2v) is 23.1. The molecule has 0 bridgehead atoms. The van der Waals surface area contributed by atoms with Gasteiger partial charge in [-0.25, -0.2) is 26.3 Å². The van der Waals surface area contributed by atoms with Crippen molar-refractivity contribution in [2.75, 3.05) is 106 Å². The minimum Gasteiger partial charge on any atom is -0.378 e. The molecular formula is C52H60Cl4N6O10S2. The highest BCUT2D eigenvalue weighted by molar-refractivity contribution is 7.89. The van der Waals surface area contributed by atoms with Gasteiger partial charge in [-0.1, -0.05) is 70.7 Å². The molecule has 2 atom stereocenters. The van der Waals surface area contributed by atoms with E-state index in [1.54, 1.807) is 72.8 Å². The van der Waals surface area contributed by atoms with E-state index in [1.807, 2.05) is 38.4 Å². The lowest BCUT2D eigenvalue weighted by atomic mass is 9.85. The van der Waals surface area contributed by atoms with Crippen molar-refractivity contribution in [2.45, 2.75) is 34.7 Å². The minimum atomic E-state index is -3.81. The first kappa shape index (κ1) is 57.5. The van der Waals surface area contributed by atoms with Gasteiger partial charge in [0.05, 0.1) is 62.6 Å². The van der Waals surface area contributed by atoms with E-state index >= 15 is 0 Å². The molecule has 0 aromatic heterocycles. The van der Waals surface area contributed by atoms with Gasteiger partial charge in [-0.3, -0.25) is 9.59 Å². The van der Waals surface area contributed by atoms with Crippen molar-refractivity contribution in [3.63, 3.8) is 0 Å². The Hall–Kier alpha value is -4.22. The lowest BCUT2D eigenvalue weighted by Gasteiger charge is -2.33. The van der Waals surface area contributed by atoms with Crippen LogP contribution in [-0.2, 0) is 52.1 Å². The number of sulfonamides is 2. The number of hydrogen-bond acceptors (Lipinski definition) is 12. The summed E-state index contributed by atoms with van der Waals surface area (Å²) in [5.74, 6) is -0.862. The van der Waals surface area contributed by atoms with Crippen molar-refractivity contribution < 1.29 is 45.4 Å². The summed E-state index contributed by atoms with van der Waals surface area (Å²) < 4.78 is 80.1. The number of halogens is 4. The summed E-state index contributed by atoms with van der Waals surface area (Å²) in [5.41, 5.74) is 6.38. The van der Waals surface area contributed by atoms with Gasteiger partial charge >= 0.3 is 0 Å².